The minimum Gasteiger partial charge on any atom is -0.454 e. The van der Waals surface area contributed by atoms with Gasteiger partial charge in [0.25, 0.3) is 0 Å². The summed E-state index contributed by atoms with van der Waals surface area (Å²) < 4.78 is 10.7. The molecule has 0 aromatic heterocycles. The van der Waals surface area contributed by atoms with Gasteiger partial charge in [0.1, 0.15) is 0 Å². The largest absolute Gasteiger partial charge is 0.454 e. The molecule has 1 aliphatic heterocycles. The van der Waals surface area contributed by atoms with Gasteiger partial charge in [-0.2, -0.15) is 0 Å². The lowest BCUT2D eigenvalue weighted by Crippen LogP contribution is -2.25. The highest BCUT2D eigenvalue weighted by molar-refractivity contribution is 6.09. The fourth-order valence-electron chi connectivity index (χ4n) is 2.91. The van der Waals surface area contributed by atoms with Crippen LogP contribution in [0.4, 0.5) is 0 Å². The van der Waals surface area contributed by atoms with Crippen LogP contribution in [0, 0.1) is 5.41 Å². The van der Waals surface area contributed by atoms with Gasteiger partial charge in [0.2, 0.25) is 6.79 Å². The Morgan fingerprint density at radius 3 is 2.70 bits per heavy atom. The molecular formula is C17H18O3. The molecule has 2 aliphatic rings. The van der Waals surface area contributed by atoms with Crippen molar-refractivity contribution in [2.24, 2.45) is 5.41 Å². The van der Waals surface area contributed by atoms with Crippen LogP contribution in [-0.4, -0.2) is 12.6 Å². The molecule has 0 unspecified atom stereocenters. The highest BCUT2D eigenvalue weighted by Gasteiger charge is 2.31. The molecule has 0 amide bonds. The molecule has 104 valence electrons. The van der Waals surface area contributed by atoms with E-state index in [-0.39, 0.29) is 18.0 Å². The van der Waals surface area contributed by atoms with E-state index in [9.17, 15) is 4.79 Å². The zero-order valence-corrected chi connectivity index (χ0v) is 12.0. The van der Waals surface area contributed by atoms with Gasteiger partial charge in [-0.05, 0) is 48.6 Å². The average Bonchev–Trinajstić information content (AvgIpc) is 2.80. The lowest BCUT2D eigenvalue weighted by Gasteiger charge is -2.31. The van der Waals surface area contributed by atoms with Crippen molar-refractivity contribution in [3.63, 3.8) is 0 Å². The number of hydrogen-bond acceptors (Lipinski definition) is 3. The molecule has 20 heavy (non-hydrogen) atoms. The van der Waals surface area contributed by atoms with Crippen LogP contribution in [0.15, 0.2) is 35.4 Å². The van der Waals surface area contributed by atoms with Crippen molar-refractivity contribution in [2.45, 2.75) is 27.2 Å². The van der Waals surface area contributed by atoms with E-state index in [0.29, 0.717) is 0 Å². The molecule has 0 saturated heterocycles. The average molecular weight is 270 g/mol. The number of carbonyl (C=O) groups is 1. The molecule has 0 atom stereocenters. The summed E-state index contributed by atoms with van der Waals surface area (Å²) in [5.74, 6) is 1.61. The van der Waals surface area contributed by atoms with Crippen molar-refractivity contribution in [2.75, 3.05) is 6.79 Å². The Hall–Kier alpha value is -2.03. The zero-order chi connectivity index (χ0) is 14.3. The Balaban J connectivity index is 2.01. The van der Waals surface area contributed by atoms with Gasteiger partial charge in [0.05, 0.1) is 0 Å². The standard InChI is InChI=1S/C17H18O3/c1-11-6-14(18)13(17(2,3)9-11)7-12-4-5-15-16(8-12)20-10-19-15/h4-8H,9-10H2,1-3H3/b13-7-. The first-order valence-corrected chi connectivity index (χ1v) is 6.79. The van der Waals surface area contributed by atoms with Crippen LogP contribution >= 0.6 is 0 Å². The third kappa shape index (κ3) is 2.24. The van der Waals surface area contributed by atoms with Crippen LogP contribution < -0.4 is 9.47 Å². The normalized spacial score (nSPS) is 22.1. The van der Waals surface area contributed by atoms with E-state index in [0.717, 1.165) is 34.6 Å². The number of ether oxygens (including phenoxy) is 2. The molecule has 1 aromatic rings. The lowest BCUT2D eigenvalue weighted by molar-refractivity contribution is -0.112. The number of allylic oxidation sites excluding steroid dienone is 3. The monoisotopic (exact) mass is 270 g/mol. The van der Waals surface area contributed by atoms with Gasteiger partial charge in [0.15, 0.2) is 17.3 Å². The molecule has 1 aliphatic carbocycles. The minimum atomic E-state index is -0.133. The molecule has 0 radical (unpaired) electrons. The number of carbonyl (C=O) groups excluding carboxylic acids is 1. The SMILES string of the molecule is CC1=CC(=O)/C(=C/c2ccc3c(c2)OCO3)C(C)(C)C1. The number of benzene rings is 1. The van der Waals surface area contributed by atoms with Crippen molar-refractivity contribution in [1.29, 1.82) is 0 Å². The van der Waals surface area contributed by atoms with Gasteiger partial charge < -0.3 is 9.47 Å². The van der Waals surface area contributed by atoms with E-state index in [1.165, 1.54) is 0 Å². The summed E-state index contributed by atoms with van der Waals surface area (Å²) in [7, 11) is 0. The van der Waals surface area contributed by atoms with Crippen LogP contribution in [0.2, 0.25) is 0 Å². The van der Waals surface area contributed by atoms with E-state index in [2.05, 4.69) is 13.8 Å². The molecule has 0 N–H and O–H groups in total. The molecule has 3 heteroatoms. The Kier molecular flexibility index (Phi) is 2.93. The van der Waals surface area contributed by atoms with Crippen LogP contribution in [0.25, 0.3) is 6.08 Å². The van der Waals surface area contributed by atoms with Gasteiger partial charge in [-0.1, -0.05) is 25.5 Å². The smallest absolute Gasteiger partial charge is 0.231 e. The van der Waals surface area contributed by atoms with Gasteiger partial charge in [-0.15, -0.1) is 0 Å². The Morgan fingerprint density at radius 1 is 1.20 bits per heavy atom. The van der Waals surface area contributed by atoms with E-state index >= 15 is 0 Å². The second-order valence-corrected chi connectivity index (χ2v) is 6.09. The molecule has 0 bridgehead atoms. The van der Waals surface area contributed by atoms with E-state index < -0.39 is 0 Å². The molecule has 3 rings (SSSR count). The quantitative estimate of drug-likeness (QED) is 0.729. The second kappa shape index (κ2) is 4.51. The highest BCUT2D eigenvalue weighted by atomic mass is 16.7. The topological polar surface area (TPSA) is 35.5 Å². The van der Waals surface area contributed by atoms with E-state index in [4.69, 9.17) is 9.47 Å². The van der Waals surface area contributed by atoms with Gasteiger partial charge in [0, 0.05) is 5.57 Å². The Labute approximate surface area is 118 Å². The summed E-state index contributed by atoms with van der Waals surface area (Å²) in [6, 6.07) is 5.76. The number of rotatable bonds is 1. The van der Waals surface area contributed by atoms with Crippen LogP contribution in [0.1, 0.15) is 32.8 Å². The Morgan fingerprint density at radius 2 is 1.95 bits per heavy atom. The third-order valence-corrected chi connectivity index (χ3v) is 3.80. The van der Waals surface area contributed by atoms with E-state index in [1.54, 1.807) is 6.08 Å². The second-order valence-electron chi connectivity index (χ2n) is 6.09. The van der Waals surface area contributed by atoms with Gasteiger partial charge >= 0.3 is 0 Å². The summed E-state index contributed by atoms with van der Waals surface area (Å²) >= 11 is 0. The first-order chi connectivity index (χ1) is 9.45. The predicted molar refractivity (Wildman–Crippen MR) is 77.7 cm³/mol. The third-order valence-electron chi connectivity index (χ3n) is 3.80. The fraction of sp³-hybridized carbons (Fsp3) is 0.353. The van der Waals surface area contributed by atoms with Crippen molar-refractivity contribution in [3.8, 4) is 11.5 Å². The molecule has 1 heterocycles. The van der Waals surface area contributed by atoms with Crippen molar-refractivity contribution in [1.82, 2.24) is 0 Å². The number of hydrogen-bond donors (Lipinski definition) is 0. The van der Waals surface area contributed by atoms with Crippen LogP contribution in [0.5, 0.6) is 11.5 Å². The summed E-state index contributed by atoms with van der Waals surface area (Å²) in [4.78, 5) is 12.3. The van der Waals surface area contributed by atoms with Crippen molar-refractivity contribution in [3.05, 3.63) is 41.0 Å². The van der Waals surface area contributed by atoms with Crippen molar-refractivity contribution < 1.29 is 14.3 Å². The van der Waals surface area contributed by atoms with Gasteiger partial charge in [-0.3, -0.25) is 4.79 Å². The fourth-order valence-corrected chi connectivity index (χ4v) is 2.91. The molecule has 3 nitrogen and oxygen atoms in total. The Bertz CT molecular complexity index is 636. The molecule has 0 fully saturated rings. The maximum absolute atomic E-state index is 12.3. The molecule has 1 aromatic carbocycles. The predicted octanol–water partition coefficient (Wildman–Crippen LogP) is 3.74. The zero-order valence-electron chi connectivity index (χ0n) is 12.0. The summed E-state index contributed by atoms with van der Waals surface area (Å²) in [6.07, 6.45) is 4.62. The molecular weight excluding hydrogens is 252 g/mol. The number of ketones is 1. The highest BCUT2D eigenvalue weighted by Crippen LogP contribution is 2.40. The maximum Gasteiger partial charge on any atom is 0.231 e. The summed E-state index contributed by atoms with van der Waals surface area (Å²) in [5, 5.41) is 0. The lowest BCUT2D eigenvalue weighted by atomic mass is 9.72. The first-order valence-electron chi connectivity index (χ1n) is 6.79. The van der Waals surface area contributed by atoms with Crippen LogP contribution in [0.3, 0.4) is 0 Å². The van der Waals surface area contributed by atoms with Gasteiger partial charge in [-0.25, -0.2) is 0 Å². The maximum atomic E-state index is 12.3. The summed E-state index contributed by atoms with van der Waals surface area (Å²) in [6.45, 7) is 6.50. The van der Waals surface area contributed by atoms with Crippen LogP contribution in [-0.2, 0) is 4.79 Å². The minimum absolute atomic E-state index is 0.108. The summed E-state index contributed by atoms with van der Waals surface area (Å²) in [5.41, 5.74) is 2.83. The van der Waals surface area contributed by atoms with Crippen molar-refractivity contribution >= 4 is 11.9 Å². The first kappa shape index (κ1) is 13.0. The molecule has 0 saturated carbocycles. The van der Waals surface area contributed by atoms with E-state index in [1.807, 2.05) is 31.2 Å². The number of fused-ring (bicyclic) bond motifs is 1. The molecule has 0 spiro atoms.